The summed E-state index contributed by atoms with van der Waals surface area (Å²) in [5.74, 6) is -1.36. The van der Waals surface area contributed by atoms with E-state index in [-0.39, 0.29) is 12.1 Å². The minimum atomic E-state index is -1.94. The van der Waals surface area contributed by atoms with Crippen molar-refractivity contribution in [3.63, 3.8) is 0 Å². The fourth-order valence-electron chi connectivity index (χ4n) is 1.93. The minimum absolute atomic E-state index is 0.209. The summed E-state index contributed by atoms with van der Waals surface area (Å²) in [4.78, 5) is 22.2. The summed E-state index contributed by atoms with van der Waals surface area (Å²) in [5.41, 5.74) is -2.15. The molecule has 0 radical (unpaired) electrons. The maximum absolute atomic E-state index is 11.5. The van der Waals surface area contributed by atoms with Gasteiger partial charge in [-0.25, -0.2) is 9.59 Å². The van der Waals surface area contributed by atoms with Gasteiger partial charge in [-0.3, -0.25) is 0 Å². The van der Waals surface area contributed by atoms with E-state index < -0.39 is 17.6 Å². The Morgan fingerprint density at radius 2 is 1.88 bits per heavy atom. The maximum Gasteiger partial charge on any atom is 0.337 e. The standard InChI is InChI=1S/C11H20N2O4/c1-10(5-3-4-6-10)13-9(16)12-7-11(2,17)8(14)15/h17H,3-7H2,1-2H3,(H,14,15)(H2,12,13,16). The number of rotatable bonds is 4. The monoisotopic (exact) mass is 244 g/mol. The van der Waals surface area contributed by atoms with Gasteiger partial charge < -0.3 is 20.8 Å². The molecule has 1 aliphatic carbocycles. The Balaban J connectivity index is 2.38. The van der Waals surface area contributed by atoms with Crippen LogP contribution in [0.3, 0.4) is 0 Å². The lowest BCUT2D eigenvalue weighted by Crippen LogP contribution is -2.53. The molecule has 0 aliphatic heterocycles. The Labute approximate surface area is 100 Å². The summed E-state index contributed by atoms with van der Waals surface area (Å²) in [5, 5.41) is 23.3. The van der Waals surface area contributed by atoms with E-state index in [0.29, 0.717) is 0 Å². The number of hydrogen-bond acceptors (Lipinski definition) is 3. The van der Waals surface area contributed by atoms with Crippen LogP contribution in [0.4, 0.5) is 4.79 Å². The van der Waals surface area contributed by atoms with Crippen LogP contribution < -0.4 is 10.6 Å². The number of carbonyl (C=O) groups excluding carboxylic acids is 1. The second-order valence-electron chi connectivity index (χ2n) is 5.15. The van der Waals surface area contributed by atoms with Gasteiger partial charge in [0.1, 0.15) is 0 Å². The molecule has 1 aliphatic rings. The van der Waals surface area contributed by atoms with Crippen LogP contribution in [0.2, 0.25) is 0 Å². The molecule has 0 saturated heterocycles. The molecule has 1 atom stereocenters. The van der Waals surface area contributed by atoms with Gasteiger partial charge in [-0.1, -0.05) is 12.8 Å². The third-order valence-electron chi connectivity index (χ3n) is 3.18. The van der Waals surface area contributed by atoms with Gasteiger partial charge in [0.05, 0.1) is 6.54 Å². The lowest BCUT2D eigenvalue weighted by Gasteiger charge is -2.26. The van der Waals surface area contributed by atoms with Crippen molar-refractivity contribution in [2.24, 2.45) is 0 Å². The molecule has 6 nitrogen and oxygen atoms in total. The molecule has 1 unspecified atom stereocenters. The SMILES string of the molecule is CC1(NC(=O)NCC(C)(O)C(=O)O)CCCC1. The number of aliphatic carboxylic acids is 1. The molecular formula is C11H20N2O4. The highest BCUT2D eigenvalue weighted by Crippen LogP contribution is 2.28. The lowest BCUT2D eigenvalue weighted by atomic mass is 10.0. The molecule has 0 aromatic heterocycles. The Morgan fingerprint density at radius 1 is 1.35 bits per heavy atom. The number of carbonyl (C=O) groups is 2. The Hall–Kier alpha value is -1.30. The summed E-state index contributed by atoms with van der Waals surface area (Å²) >= 11 is 0. The molecule has 0 aromatic carbocycles. The lowest BCUT2D eigenvalue weighted by molar-refractivity contribution is -0.155. The van der Waals surface area contributed by atoms with E-state index in [2.05, 4.69) is 10.6 Å². The van der Waals surface area contributed by atoms with Crippen molar-refractivity contribution in [1.29, 1.82) is 0 Å². The molecular weight excluding hydrogens is 224 g/mol. The largest absolute Gasteiger partial charge is 0.479 e. The summed E-state index contributed by atoms with van der Waals surface area (Å²) < 4.78 is 0. The van der Waals surface area contributed by atoms with Gasteiger partial charge in [-0.15, -0.1) is 0 Å². The zero-order chi connectivity index (χ0) is 13.1. The van der Waals surface area contributed by atoms with Crippen molar-refractivity contribution in [3.05, 3.63) is 0 Å². The summed E-state index contributed by atoms with van der Waals surface area (Å²) in [7, 11) is 0. The van der Waals surface area contributed by atoms with Gasteiger partial charge in [0.2, 0.25) is 0 Å². The normalized spacial score (nSPS) is 21.6. The molecule has 0 spiro atoms. The Bertz CT molecular complexity index is 309. The first-order valence-corrected chi connectivity index (χ1v) is 5.77. The quantitative estimate of drug-likeness (QED) is 0.577. The highest BCUT2D eigenvalue weighted by Gasteiger charge is 2.33. The number of hydrogen-bond donors (Lipinski definition) is 4. The predicted octanol–water partition coefficient (Wildman–Crippen LogP) is 0.454. The van der Waals surface area contributed by atoms with E-state index >= 15 is 0 Å². The smallest absolute Gasteiger partial charge is 0.337 e. The number of carboxylic acids is 1. The highest BCUT2D eigenvalue weighted by atomic mass is 16.4. The van der Waals surface area contributed by atoms with Gasteiger partial charge in [0, 0.05) is 5.54 Å². The van der Waals surface area contributed by atoms with Crippen molar-refractivity contribution in [2.45, 2.75) is 50.7 Å². The van der Waals surface area contributed by atoms with Crippen LogP contribution in [0.25, 0.3) is 0 Å². The minimum Gasteiger partial charge on any atom is -0.479 e. The number of carboxylic acid groups (broad SMARTS) is 1. The molecule has 0 bridgehead atoms. The van der Waals surface area contributed by atoms with Crippen LogP contribution in [0.15, 0.2) is 0 Å². The molecule has 0 heterocycles. The molecule has 2 amide bonds. The van der Waals surface area contributed by atoms with Gasteiger partial charge in [-0.05, 0) is 26.7 Å². The van der Waals surface area contributed by atoms with Crippen LogP contribution >= 0.6 is 0 Å². The molecule has 1 rings (SSSR count). The van der Waals surface area contributed by atoms with E-state index in [4.69, 9.17) is 5.11 Å². The summed E-state index contributed by atoms with van der Waals surface area (Å²) in [6.45, 7) is 2.80. The van der Waals surface area contributed by atoms with Crippen molar-refractivity contribution in [1.82, 2.24) is 10.6 Å². The van der Waals surface area contributed by atoms with Gasteiger partial charge in [0.25, 0.3) is 0 Å². The highest BCUT2D eigenvalue weighted by molar-refractivity contribution is 5.79. The van der Waals surface area contributed by atoms with E-state index in [0.717, 1.165) is 32.6 Å². The first kappa shape index (κ1) is 13.8. The van der Waals surface area contributed by atoms with Gasteiger partial charge in [0.15, 0.2) is 5.60 Å². The molecule has 17 heavy (non-hydrogen) atoms. The fourth-order valence-corrected chi connectivity index (χ4v) is 1.93. The second-order valence-corrected chi connectivity index (χ2v) is 5.15. The molecule has 6 heteroatoms. The zero-order valence-electron chi connectivity index (χ0n) is 10.2. The van der Waals surface area contributed by atoms with Crippen molar-refractivity contribution >= 4 is 12.0 Å². The Morgan fingerprint density at radius 3 is 2.35 bits per heavy atom. The predicted molar refractivity (Wildman–Crippen MR) is 61.7 cm³/mol. The summed E-state index contributed by atoms with van der Waals surface area (Å²) in [6, 6.07) is -0.434. The number of amides is 2. The van der Waals surface area contributed by atoms with E-state index in [1.54, 1.807) is 0 Å². The second kappa shape index (κ2) is 4.91. The van der Waals surface area contributed by atoms with Crippen molar-refractivity contribution < 1.29 is 19.8 Å². The maximum atomic E-state index is 11.5. The molecule has 1 fully saturated rings. The molecule has 1 saturated carbocycles. The van der Waals surface area contributed by atoms with E-state index in [1.165, 1.54) is 0 Å². The van der Waals surface area contributed by atoms with Crippen LogP contribution in [0.5, 0.6) is 0 Å². The van der Waals surface area contributed by atoms with E-state index in [1.807, 2.05) is 6.92 Å². The third kappa shape index (κ3) is 3.89. The van der Waals surface area contributed by atoms with Crippen LogP contribution in [0.1, 0.15) is 39.5 Å². The average molecular weight is 244 g/mol. The van der Waals surface area contributed by atoms with E-state index in [9.17, 15) is 14.7 Å². The molecule has 4 N–H and O–H groups in total. The van der Waals surface area contributed by atoms with Crippen molar-refractivity contribution in [3.8, 4) is 0 Å². The third-order valence-corrected chi connectivity index (χ3v) is 3.18. The van der Waals surface area contributed by atoms with Crippen LogP contribution in [-0.4, -0.2) is 39.9 Å². The topological polar surface area (TPSA) is 98.7 Å². The number of aliphatic hydroxyl groups is 1. The zero-order valence-corrected chi connectivity index (χ0v) is 10.2. The van der Waals surface area contributed by atoms with Gasteiger partial charge in [-0.2, -0.15) is 0 Å². The van der Waals surface area contributed by atoms with Crippen LogP contribution in [0, 0.1) is 0 Å². The first-order valence-electron chi connectivity index (χ1n) is 5.77. The average Bonchev–Trinajstić information content (AvgIpc) is 2.62. The molecule has 98 valence electrons. The fraction of sp³-hybridized carbons (Fsp3) is 0.818. The number of nitrogens with one attached hydrogen (secondary N) is 2. The first-order chi connectivity index (χ1) is 7.75. The van der Waals surface area contributed by atoms with Gasteiger partial charge >= 0.3 is 12.0 Å². The van der Waals surface area contributed by atoms with Crippen LogP contribution in [-0.2, 0) is 4.79 Å². The summed E-state index contributed by atoms with van der Waals surface area (Å²) in [6.07, 6.45) is 4.03. The Kier molecular flexibility index (Phi) is 3.98. The number of urea groups is 1. The molecule has 0 aromatic rings. The van der Waals surface area contributed by atoms with Crippen molar-refractivity contribution in [2.75, 3.05) is 6.54 Å².